The van der Waals surface area contributed by atoms with Crippen molar-refractivity contribution in [2.45, 2.75) is 31.3 Å². The number of nitrogens with one attached hydrogen (secondary N) is 1. The number of hydrogen-bond acceptors (Lipinski definition) is 9. The first kappa shape index (κ1) is 28.7. The minimum absolute atomic E-state index is 0.0656. The number of nitrogens with zero attached hydrogens (tertiary/aromatic N) is 5. The summed E-state index contributed by atoms with van der Waals surface area (Å²) in [6.45, 7) is 10.1. The Balaban J connectivity index is 1.20. The average molecular weight is 573 g/mol. The van der Waals surface area contributed by atoms with Crippen LogP contribution in [0, 0.1) is 0 Å². The number of fused-ring (bicyclic) bond motifs is 1. The molecule has 2 aromatic carbocycles. The topological polar surface area (TPSA) is 75.2 Å². The van der Waals surface area contributed by atoms with Crippen molar-refractivity contribution in [2.24, 2.45) is 0 Å². The van der Waals surface area contributed by atoms with E-state index in [2.05, 4.69) is 68.4 Å². The maximum atomic E-state index is 6.60. The second-order valence-corrected chi connectivity index (χ2v) is 11.6. The molecule has 42 heavy (non-hydrogen) atoms. The second-order valence-electron chi connectivity index (χ2n) is 11.6. The summed E-state index contributed by atoms with van der Waals surface area (Å²) in [6.07, 6.45) is 5.23. The van der Waals surface area contributed by atoms with Gasteiger partial charge in [-0.3, -0.25) is 9.80 Å². The van der Waals surface area contributed by atoms with Gasteiger partial charge in [-0.15, -0.1) is 0 Å². The van der Waals surface area contributed by atoms with Gasteiger partial charge in [0.15, 0.2) is 11.5 Å². The molecule has 3 aliphatic rings. The van der Waals surface area contributed by atoms with Gasteiger partial charge in [0.2, 0.25) is 5.88 Å². The average Bonchev–Trinajstić information content (AvgIpc) is 3.44. The maximum absolute atomic E-state index is 6.60. The number of methoxy groups -OCH3 is 1. The zero-order valence-corrected chi connectivity index (χ0v) is 25.0. The number of piperidine rings is 1. The fourth-order valence-corrected chi connectivity index (χ4v) is 6.35. The normalized spacial score (nSPS) is 21.5. The van der Waals surface area contributed by atoms with Gasteiger partial charge in [0, 0.05) is 45.8 Å². The summed E-state index contributed by atoms with van der Waals surface area (Å²) in [5.41, 5.74) is 3.19. The Hall–Kier alpha value is -3.40. The Kier molecular flexibility index (Phi) is 9.37. The molecule has 6 rings (SSSR count). The lowest BCUT2D eigenvalue weighted by Crippen LogP contribution is -2.45. The van der Waals surface area contributed by atoms with Crippen molar-refractivity contribution in [1.29, 1.82) is 0 Å². The summed E-state index contributed by atoms with van der Waals surface area (Å²) in [4.78, 5) is 16.6. The molecular weight excluding hydrogens is 528 g/mol. The van der Waals surface area contributed by atoms with E-state index >= 15 is 0 Å². The smallest absolute Gasteiger partial charge is 0.223 e. The number of benzene rings is 2. The molecule has 0 amide bonds. The van der Waals surface area contributed by atoms with E-state index in [-0.39, 0.29) is 12.0 Å². The molecule has 9 heteroatoms. The number of likely N-dealkylation sites (tertiary alicyclic amines) is 1. The van der Waals surface area contributed by atoms with Crippen molar-refractivity contribution < 1.29 is 14.2 Å². The second kappa shape index (κ2) is 13.7. The van der Waals surface area contributed by atoms with E-state index in [0.717, 1.165) is 81.6 Å². The SMILES string of the molecule is COc1cc(C2Oc3ncnc(NCCN4CCN(C)CC4)c3C2c2ccccc2)ccc1OCCN1CCCCC1. The van der Waals surface area contributed by atoms with E-state index in [1.54, 1.807) is 13.4 Å². The molecule has 4 heterocycles. The summed E-state index contributed by atoms with van der Waals surface area (Å²) < 4.78 is 18.6. The molecule has 3 aromatic rings. The molecule has 0 saturated carbocycles. The monoisotopic (exact) mass is 572 g/mol. The molecule has 224 valence electrons. The first-order valence-corrected chi connectivity index (χ1v) is 15.4. The molecule has 2 saturated heterocycles. The van der Waals surface area contributed by atoms with Gasteiger partial charge >= 0.3 is 0 Å². The third-order valence-electron chi connectivity index (χ3n) is 8.80. The minimum Gasteiger partial charge on any atom is -0.493 e. The molecule has 3 aliphatic heterocycles. The first-order valence-electron chi connectivity index (χ1n) is 15.4. The zero-order valence-electron chi connectivity index (χ0n) is 25.0. The lowest BCUT2D eigenvalue weighted by Gasteiger charge is -2.32. The molecular formula is C33H44N6O3. The number of likely N-dealkylation sites (N-methyl/N-ethyl adjacent to an activating group) is 1. The van der Waals surface area contributed by atoms with Crippen molar-refractivity contribution in [3.05, 3.63) is 71.5 Å². The van der Waals surface area contributed by atoms with E-state index in [1.165, 1.54) is 24.8 Å². The van der Waals surface area contributed by atoms with E-state index in [1.807, 2.05) is 12.1 Å². The van der Waals surface area contributed by atoms with Crippen LogP contribution in [0.2, 0.25) is 0 Å². The van der Waals surface area contributed by atoms with E-state index < -0.39 is 0 Å². The van der Waals surface area contributed by atoms with Crippen LogP contribution in [0.5, 0.6) is 17.4 Å². The van der Waals surface area contributed by atoms with Gasteiger partial charge in [-0.2, -0.15) is 0 Å². The summed E-state index contributed by atoms with van der Waals surface area (Å²) in [7, 11) is 3.88. The van der Waals surface area contributed by atoms with Crippen LogP contribution in [0.25, 0.3) is 0 Å². The Morgan fingerprint density at radius 3 is 2.43 bits per heavy atom. The van der Waals surface area contributed by atoms with Crippen molar-refractivity contribution in [2.75, 3.05) is 85.0 Å². The number of anilines is 1. The van der Waals surface area contributed by atoms with Crippen molar-refractivity contribution in [3.63, 3.8) is 0 Å². The zero-order chi connectivity index (χ0) is 28.7. The highest BCUT2D eigenvalue weighted by Crippen LogP contribution is 2.51. The van der Waals surface area contributed by atoms with Crippen LogP contribution in [0.1, 0.15) is 48.0 Å². The van der Waals surface area contributed by atoms with E-state index in [9.17, 15) is 0 Å². The lowest BCUT2D eigenvalue weighted by molar-refractivity contribution is 0.158. The van der Waals surface area contributed by atoms with Crippen molar-refractivity contribution in [1.82, 2.24) is 24.7 Å². The lowest BCUT2D eigenvalue weighted by atomic mass is 9.85. The number of aromatic nitrogens is 2. The van der Waals surface area contributed by atoms with Gasteiger partial charge in [-0.25, -0.2) is 9.97 Å². The molecule has 0 spiro atoms. The highest BCUT2D eigenvalue weighted by atomic mass is 16.5. The number of ether oxygens (including phenoxy) is 3. The fourth-order valence-electron chi connectivity index (χ4n) is 6.35. The number of piperazine rings is 1. The van der Waals surface area contributed by atoms with Gasteiger partial charge < -0.3 is 24.4 Å². The molecule has 0 aliphatic carbocycles. The van der Waals surface area contributed by atoms with Crippen molar-refractivity contribution in [3.8, 4) is 17.4 Å². The van der Waals surface area contributed by atoms with Crippen LogP contribution in [-0.4, -0.2) is 104 Å². The predicted octanol–water partition coefficient (Wildman–Crippen LogP) is 4.27. The Morgan fingerprint density at radius 1 is 0.857 bits per heavy atom. The molecule has 2 fully saturated rings. The van der Waals surface area contributed by atoms with Crippen LogP contribution in [0.3, 0.4) is 0 Å². The summed E-state index contributed by atoms with van der Waals surface area (Å²) in [5.74, 6) is 2.89. The third kappa shape index (κ3) is 6.64. The molecule has 1 aromatic heterocycles. The Labute approximate surface area is 249 Å². The van der Waals surface area contributed by atoms with Crippen LogP contribution >= 0.6 is 0 Å². The first-order chi connectivity index (χ1) is 20.7. The highest BCUT2D eigenvalue weighted by Gasteiger charge is 2.40. The molecule has 0 bridgehead atoms. The molecule has 1 N–H and O–H groups in total. The van der Waals surface area contributed by atoms with Gasteiger partial charge in [-0.1, -0.05) is 42.8 Å². The van der Waals surface area contributed by atoms with Gasteiger partial charge in [0.25, 0.3) is 0 Å². The summed E-state index contributed by atoms with van der Waals surface area (Å²) in [6, 6.07) is 16.7. The van der Waals surface area contributed by atoms with E-state index in [4.69, 9.17) is 19.2 Å². The molecule has 0 radical (unpaired) electrons. The standard InChI is InChI=1S/C33H44N6O3/c1-37-17-19-39(20-18-37)16-13-34-32-30-29(25-9-5-3-6-10-25)31(42-33(30)36-24-35-32)26-11-12-27(28(23-26)40-2)41-22-21-38-14-7-4-8-15-38/h3,5-6,9-12,23-24,29,31H,4,7-8,13-22H2,1-2H3,(H,34,35,36). The predicted molar refractivity (Wildman–Crippen MR) is 165 cm³/mol. The number of rotatable bonds is 11. The largest absolute Gasteiger partial charge is 0.493 e. The maximum Gasteiger partial charge on any atom is 0.223 e. The molecule has 9 nitrogen and oxygen atoms in total. The third-order valence-corrected chi connectivity index (χ3v) is 8.80. The highest BCUT2D eigenvalue weighted by molar-refractivity contribution is 5.59. The quantitative estimate of drug-likeness (QED) is 0.363. The van der Waals surface area contributed by atoms with Gasteiger partial charge in [-0.05, 0) is 56.2 Å². The Bertz CT molecular complexity index is 1290. The van der Waals surface area contributed by atoms with Gasteiger partial charge in [0.05, 0.1) is 18.6 Å². The van der Waals surface area contributed by atoms with Crippen molar-refractivity contribution >= 4 is 5.82 Å². The van der Waals surface area contributed by atoms with E-state index in [0.29, 0.717) is 18.2 Å². The summed E-state index contributed by atoms with van der Waals surface area (Å²) >= 11 is 0. The number of hydrogen-bond donors (Lipinski definition) is 1. The molecule has 2 unspecified atom stereocenters. The minimum atomic E-state index is -0.270. The van der Waals surface area contributed by atoms with Crippen LogP contribution < -0.4 is 19.5 Å². The fraction of sp³-hybridized carbons (Fsp3) is 0.515. The van der Waals surface area contributed by atoms with Crippen LogP contribution in [-0.2, 0) is 0 Å². The molecule has 2 atom stereocenters. The van der Waals surface area contributed by atoms with Crippen LogP contribution in [0.15, 0.2) is 54.9 Å². The Morgan fingerprint density at radius 2 is 1.64 bits per heavy atom. The van der Waals surface area contributed by atoms with Gasteiger partial charge in [0.1, 0.15) is 24.9 Å². The summed E-state index contributed by atoms with van der Waals surface area (Å²) in [5, 5.41) is 3.62. The van der Waals surface area contributed by atoms with Crippen LogP contribution in [0.4, 0.5) is 5.82 Å².